The molecule has 0 unspecified atom stereocenters. The minimum absolute atomic E-state index is 0.280. The van der Waals surface area contributed by atoms with Crippen molar-refractivity contribution in [2.24, 2.45) is 0 Å². The number of nitrogens with one attached hydrogen (secondary N) is 1. The van der Waals surface area contributed by atoms with Crippen LogP contribution < -0.4 is 5.32 Å². The molecule has 0 aliphatic heterocycles. The van der Waals surface area contributed by atoms with Crippen LogP contribution in [0.1, 0.15) is 24.6 Å². The van der Waals surface area contributed by atoms with Crippen LogP contribution >= 0.6 is 11.6 Å². The molecule has 0 atom stereocenters. The molecule has 5 heteroatoms. The zero-order valence-corrected chi connectivity index (χ0v) is 12.3. The maximum Gasteiger partial charge on any atom is 0.129 e. The standard InChI is InChI=1S/C15H19ClFN3/c1-2-7-18-8-6-12-9-20(11-19-12)10-13-14(16)4-3-5-15(13)17/h3-5,9,11,18H,2,6-8,10H2,1H3. The second kappa shape index (κ2) is 7.41. The third-order valence-electron chi connectivity index (χ3n) is 3.07. The molecule has 0 spiro atoms. The van der Waals surface area contributed by atoms with Gasteiger partial charge in [0.15, 0.2) is 0 Å². The largest absolute Gasteiger partial charge is 0.333 e. The van der Waals surface area contributed by atoms with E-state index in [0.29, 0.717) is 17.1 Å². The van der Waals surface area contributed by atoms with Crippen LogP contribution in [-0.4, -0.2) is 22.6 Å². The molecule has 2 aromatic rings. The zero-order chi connectivity index (χ0) is 14.4. The minimum Gasteiger partial charge on any atom is -0.333 e. The average Bonchev–Trinajstić information content (AvgIpc) is 2.87. The lowest BCUT2D eigenvalue weighted by Crippen LogP contribution is -2.17. The monoisotopic (exact) mass is 295 g/mol. The summed E-state index contributed by atoms with van der Waals surface area (Å²) >= 11 is 6.02. The van der Waals surface area contributed by atoms with Crippen LogP contribution in [-0.2, 0) is 13.0 Å². The van der Waals surface area contributed by atoms with Crippen molar-refractivity contribution in [3.8, 4) is 0 Å². The molecular formula is C15H19ClFN3. The SMILES string of the molecule is CCCNCCc1cn(Cc2c(F)cccc2Cl)cn1. The molecule has 0 radical (unpaired) electrons. The maximum atomic E-state index is 13.7. The summed E-state index contributed by atoms with van der Waals surface area (Å²) in [4.78, 5) is 4.33. The van der Waals surface area contributed by atoms with Gasteiger partial charge in [-0.25, -0.2) is 9.37 Å². The molecule has 20 heavy (non-hydrogen) atoms. The first-order valence-corrected chi connectivity index (χ1v) is 7.22. The molecule has 0 amide bonds. The van der Waals surface area contributed by atoms with Crippen LogP contribution in [0.25, 0.3) is 0 Å². The van der Waals surface area contributed by atoms with Crippen LogP contribution in [0.15, 0.2) is 30.7 Å². The van der Waals surface area contributed by atoms with E-state index in [1.807, 2.05) is 10.8 Å². The molecule has 1 N–H and O–H groups in total. The summed E-state index contributed by atoms with van der Waals surface area (Å²) in [5.74, 6) is -0.280. The lowest BCUT2D eigenvalue weighted by molar-refractivity contribution is 0.599. The Hall–Kier alpha value is -1.39. The minimum atomic E-state index is -0.280. The van der Waals surface area contributed by atoms with Gasteiger partial charge < -0.3 is 9.88 Å². The highest BCUT2D eigenvalue weighted by Crippen LogP contribution is 2.20. The number of halogens is 2. The number of nitrogens with zero attached hydrogens (tertiary/aromatic N) is 2. The van der Waals surface area contributed by atoms with Crippen molar-refractivity contribution in [2.45, 2.75) is 26.3 Å². The van der Waals surface area contributed by atoms with E-state index in [9.17, 15) is 4.39 Å². The number of benzene rings is 1. The highest BCUT2D eigenvalue weighted by Gasteiger charge is 2.08. The van der Waals surface area contributed by atoms with Crippen LogP contribution in [0.2, 0.25) is 5.02 Å². The predicted octanol–water partition coefficient (Wildman–Crippen LogP) is 3.27. The number of hydrogen-bond acceptors (Lipinski definition) is 2. The van der Waals surface area contributed by atoms with Gasteiger partial charge in [0.2, 0.25) is 0 Å². The van der Waals surface area contributed by atoms with Gasteiger partial charge in [0, 0.05) is 29.7 Å². The topological polar surface area (TPSA) is 29.9 Å². The lowest BCUT2D eigenvalue weighted by atomic mass is 10.2. The Balaban J connectivity index is 1.96. The van der Waals surface area contributed by atoms with E-state index < -0.39 is 0 Å². The van der Waals surface area contributed by atoms with Gasteiger partial charge in [0.1, 0.15) is 5.82 Å². The smallest absolute Gasteiger partial charge is 0.129 e. The van der Waals surface area contributed by atoms with Gasteiger partial charge in [-0.1, -0.05) is 24.6 Å². The lowest BCUT2D eigenvalue weighted by Gasteiger charge is -2.06. The second-order valence-corrected chi connectivity index (χ2v) is 5.14. The summed E-state index contributed by atoms with van der Waals surface area (Å²) in [6, 6.07) is 4.74. The van der Waals surface area contributed by atoms with Crippen molar-refractivity contribution in [1.29, 1.82) is 0 Å². The van der Waals surface area contributed by atoms with Gasteiger partial charge >= 0.3 is 0 Å². The summed E-state index contributed by atoms with van der Waals surface area (Å²) in [5.41, 5.74) is 1.50. The van der Waals surface area contributed by atoms with Crippen LogP contribution in [0.3, 0.4) is 0 Å². The van der Waals surface area contributed by atoms with Crippen molar-refractivity contribution in [3.63, 3.8) is 0 Å². The Labute approximate surface area is 123 Å². The third kappa shape index (κ3) is 4.05. The first kappa shape index (κ1) is 15.0. The summed E-state index contributed by atoms with van der Waals surface area (Å²) in [6.07, 6.45) is 5.66. The molecule has 1 aromatic carbocycles. The average molecular weight is 296 g/mol. The Morgan fingerprint density at radius 1 is 1.35 bits per heavy atom. The van der Waals surface area contributed by atoms with E-state index in [4.69, 9.17) is 11.6 Å². The third-order valence-corrected chi connectivity index (χ3v) is 3.43. The van der Waals surface area contributed by atoms with E-state index in [2.05, 4.69) is 17.2 Å². The molecule has 0 saturated heterocycles. The van der Waals surface area contributed by atoms with E-state index in [1.54, 1.807) is 18.5 Å². The fourth-order valence-electron chi connectivity index (χ4n) is 2.01. The molecule has 0 aliphatic rings. The highest BCUT2D eigenvalue weighted by molar-refractivity contribution is 6.31. The van der Waals surface area contributed by atoms with E-state index in [0.717, 1.165) is 31.6 Å². The summed E-state index contributed by atoms with van der Waals surface area (Å²) < 4.78 is 15.6. The van der Waals surface area contributed by atoms with Gasteiger partial charge in [-0.2, -0.15) is 0 Å². The summed E-state index contributed by atoms with van der Waals surface area (Å²) in [7, 11) is 0. The normalized spacial score (nSPS) is 10.9. The molecule has 108 valence electrons. The maximum absolute atomic E-state index is 13.7. The Kier molecular flexibility index (Phi) is 5.56. The number of aromatic nitrogens is 2. The Bertz CT molecular complexity index is 534. The molecular weight excluding hydrogens is 277 g/mol. The van der Waals surface area contributed by atoms with Crippen molar-refractivity contribution < 1.29 is 4.39 Å². The zero-order valence-electron chi connectivity index (χ0n) is 11.6. The number of hydrogen-bond donors (Lipinski definition) is 1. The fourth-order valence-corrected chi connectivity index (χ4v) is 2.23. The van der Waals surface area contributed by atoms with E-state index in [-0.39, 0.29) is 5.82 Å². The van der Waals surface area contributed by atoms with E-state index >= 15 is 0 Å². The van der Waals surface area contributed by atoms with Crippen molar-refractivity contribution in [1.82, 2.24) is 14.9 Å². The molecule has 0 bridgehead atoms. The Morgan fingerprint density at radius 3 is 2.95 bits per heavy atom. The first-order chi connectivity index (χ1) is 9.70. The van der Waals surface area contributed by atoms with Gasteiger partial charge in [-0.15, -0.1) is 0 Å². The highest BCUT2D eigenvalue weighted by atomic mass is 35.5. The van der Waals surface area contributed by atoms with Gasteiger partial charge in [-0.05, 0) is 25.1 Å². The van der Waals surface area contributed by atoms with Crippen molar-refractivity contribution in [3.05, 3.63) is 52.8 Å². The predicted molar refractivity (Wildman–Crippen MR) is 79.6 cm³/mol. The molecule has 3 nitrogen and oxygen atoms in total. The molecule has 0 aliphatic carbocycles. The molecule has 0 saturated carbocycles. The van der Waals surface area contributed by atoms with Crippen LogP contribution in [0, 0.1) is 5.82 Å². The van der Waals surface area contributed by atoms with Crippen molar-refractivity contribution >= 4 is 11.6 Å². The number of rotatable bonds is 7. The summed E-state index contributed by atoms with van der Waals surface area (Å²) in [5, 5.41) is 3.78. The quantitative estimate of drug-likeness (QED) is 0.795. The fraction of sp³-hybridized carbons (Fsp3) is 0.400. The van der Waals surface area contributed by atoms with Gasteiger partial charge in [0.25, 0.3) is 0 Å². The van der Waals surface area contributed by atoms with Gasteiger partial charge in [-0.3, -0.25) is 0 Å². The van der Waals surface area contributed by atoms with Crippen LogP contribution in [0.5, 0.6) is 0 Å². The van der Waals surface area contributed by atoms with Crippen molar-refractivity contribution in [2.75, 3.05) is 13.1 Å². The Morgan fingerprint density at radius 2 is 2.20 bits per heavy atom. The van der Waals surface area contributed by atoms with Gasteiger partial charge in [0.05, 0.1) is 18.6 Å². The first-order valence-electron chi connectivity index (χ1n) is 6.85. The van der Waals surface area contributed by atoms with E-state index in [1.165, 1.54) is 6.07 Å². The van der Waals surface area contributed by atoms with Crippen LogP contribution in [0.4, 0.5) is 4.39 Å². The summed E-state index contributed by atoms with van der Waals surface area (Å²) in [6.45, 7) is 4.47. The number of imidazole rings is 1. The second-order valence-electron chi connectivity index (χ2n) is 4.74. The molecule has 2 rings (SSSR count). The molecule has 1 heterocycles. The molecule has 1 aromatic heterocycles. The molecule has 0 fully saturated rings.